The molecule has 0 radical (unpaired) electrons. The fraction of sp³-hybridized carbons (Fsp3) is 0.360. The van der Waals surface area contributed by atoms with E-state index in [1.165, 1.54) is 5.56 Å². The molecule has 1 aliphatic heterocycles. The van der Waals surface area contributed by atoms with Crippen LogP contribution in [0.4, 0.5) is 0 Å². The second-order valence-corrected chi connectivity index (χ2v) is 7.95. The van der Waals surface area contributed by atoms with Crippen LogP contribution in [0.5, 0.6) is 0 Å². The molecule has 0 bridgehead atoms. The van der Waals surface area contributed by atoms with Gasteiger partial charge in [0.25, 0.3) is 0 Å². The van der Waals surface area contributed by atoms with Crippen molar-refractivity contribution in [3.63, 3.8) is 0 Å². The standard InChI is InChI=1S/C25H30N4O2/c1-20-7-9-21(10-8-20)25-22(19-29(27-25)23-5-3-2-4-6-23)11-12-24(30)26-13-14-28-15-17-31-18-16-28/h2-10,19H,11-18H2,1H3,(H,26,30). The van der Waals surface area contributed by atoms with E-state index in [0.29, 0.717) is 19.4 Å². The lowest BCUT2D eigenvalue weighted by Crippen LogP contribution is -2.41. The Hall–Kier alpha value is -2.96. The zero-order chi connectivity index (χ0) is 21.5. The summed E-state index contributed by atoms with van der Waals surface area (Å²) in [6.07, 6.45) is 3.15. The van der Waals surface area contributed by atoms with E-state index in [0.717, 1.165) is 55.4 Å². The molecule has 1 aromatic heterocycles. The van der Waals surface area contributed by atoms with E-state index in [1.54, 1.807) is 0 Å². The predicted molar refractivity (Wildman–Crippen MR) is 122 cm³/mol. The zero-order valence-corrected chi connectivity index (χ0v) is 18.1. The number of rotatable bonds is 8. The van der Waals surface area contributed by atoms with E-state index in [-0.39, 0.29) is 5.91 Å². The van der Waals surface area contributed by atoms with Gasteiger partial charge < -0.3 is 10.1 Å². The maximum atomic E-state index is 12.4. The molecule has 6 heteroatoms. The molecule has 6 nitrogen and oxygen atoms in total. The molecule has 1 N–H and O–H groups in total. The monoisotopic (exact) mass is 418 g/mol. The van der Waals surface area contributed by atoms with E-state index in [4.69, 9.17) is 9.84 Å². The van der Waals surface area contributed by atoms with Gasteiger partial charge in [-0.15, -0.1) is 0 Å². The highest BCUT2D eigenvalue weighted by atomic mass is 16.5. The summed E-state index contributed by atoms with van der Waals surface area (Å²) in [5.74, 6) is 0.0792. The summed E-state index contributed by atoms with van der Waals surface area (Å²) in [5, 5.41) is 7.90. The topological polar surface area (TPSA) is 59.4 Å². The first-order valence-corrected chi connectivity index (χ1v) is 11.0. The van der Waals surface area contributed by atoms with E-state index in [9.17, 15) is 4.79 Å². The number of hydrogen-bond acceptors (Lipinski definition) is 4. The van der Waals surface area contributed by atoms with Crippen molar-refractivity contribution in [1.82, 2.24) is 20.0 Å². The fourth-order valence-corrected chi connectivity index (χ4v) is 3.77. The Balaban J connectivity index is 1.41. The van der Waals surface area contributed by atoms with Crippen LogP contribution in [-0.2, 0) is 16.0 Å². The molecule has 0 atom stereocenters. The Morgan fingerprint density at radius 2 is 1.81 bits per heavy atom. The number of aryl methyl sites for hydroxylation is 2. The van der Waals surface area contributed by atoms with Crippen LogP contribution in [0.25, 0.3) is 16.9 Å². The van der Waals surface area contributed by atoms with Crippen LogP contribution in [0.2, 0.25) is 0 Å². The molecule has 162 valence electrons. The van der Waals surface area contributed by atoms with Crippen LogP contribution >= 0.6 is 0 Å². The van der Waals surface area contributed by atoms with Crippen molar-refractivity contribution in [2.45, 2.75) is 19.8 Å². The Kier molecular flexibility index (Phi) is 7.12. The number of amides is 1. The number of hydrogen-bond donors (Lipinski definition) is 1. The molecule has 0 saturated carbocycles. The second kappa shape index (κ2) is 10.4. The minimum atomic E-state index is 0.0792. The molecule has 1 amide bonds. The maximum absolute atomic E-state index is 12.4. The zero-order valence-electron chi connectivity index (χ0n) is 18.1. The number of benzene rings is 2. The van der Waals surface area contributed by atoms with Gasteiger partial charge in [0, 0.05) is 44.4 Å². The van der Waals surface area contributed by atoms with Gasteiger partial charge >= 0.3 is 0 Å². The summed E-state index contributed by atoms with van der Waals surface area (Å²) in [7, 11) is 0. The lowest BCUT2D eigenvalue weighted by atomic mass is 10.0. The molecule has 31 heavy (non-hydrogen) atoms. The van der Waals surface area contributed by atoms with E-state index in [1.807, 2.05) is 41.2 Å². The number of ether oxygens (including phenoxy) is 1. The minimum Gasteiger partial charge on any atom is -0.379 e. The molecule has 1 fully saturated rings. The predicted octanol–water partition coefficient (Wildman–Crippen LogP) is 3.23. The molecular weight excluding hydrogens is 388 g/mol. The van der Waals surface area contributed by atoms with Gasteiger partial charge in [0.05, 0.1) is 24.6 Å². The highest BCUT2D eigenvalue weighted by molar-refractivity contribution is 5.76. The lowest BCUT2D eigenvalue weighted by molar-refractivity contribution is -0.121. The van der Waals surface area contributed by atoms with Crippen molar-refractivity contribution >= 4 is 5.91 Å². The van der Waals surface area contributed by atoms with Gasteiger partial charge in [-0.3, -0.25) is 9.69 Å². The van der Waals surface area contributed by atoms with Crippen molar-refractivity contribution < 1.29 is 9.53 Å². The van der Waals surface area contributed by atoms with Crippen LogP contribution in [0.1, 0.15) is 17.5 Å². The third-order valence-electron chi connectivity index (χ3n) is 5.61. The number of nitrogens with zero attached hydrogens (tertiary/aromatic N) is 3. The van der Waals surface area contributed by atoms with E-state index < -0.39 is 0 Å². The average Bonchev–Trinajstić information content (AvgIpc) is 3.24. The van der Waals surface area contributed by atoms with Gasteiger partial charge in [0.1, 0.15) is 0 Å². The lowest BCUT2D eigenvalue weighted by Gasteiger charge is -2.26. The quantitative estimate of drug-likeness (QED) is 0.610. The number of nitrogens with one attached hydrogen (secondary N) is 1. The summed E-state index contributed by atoms with van der Waals surface area (Å²) in [5.41, 5.74) is 5.31. The summed E-state index contributed by atoms with van der Waals surface area (Å²) >= 11 is 0. The molecule has 0 spiro atoms. The van der Waals surface area contributed by atoms with Gasteiger partial charge in [-0.2, -0.15) is 5.10 Å². The third kappa shape index (κ3) is 5.81. The summed E-state index contributed by atoms with van der Waals surface area (Å²) < 4.78 is 7.27. The molecule has 2 aromatic carbocycles. The maximum Gasteiger partial charge on any atom is 0.220 e. The summed E-state index contributed by atoms with van der Waals surface area (Å²) in [6, 6.07) is 18.5. The molecule has 3 aromatic rings. The van der Waals surface area contributed by atoms with Gasteiger partial charge in [-0.25, -0.2) is 4.68 Å². The number of para-hydroxylation sites is 1. The Morgan fingerprint density at radius 3 is 2.55 bits per heavy atom. The smallest absolute Gasteiger partial charge is 0.220 e. The largest absolute Gasteiger partial charge is 0.379 e. The van der Waals surface area contributed by atoms with Gasteiger partial charge in [0.15, 0.2) is 0 Å². The van der Waals surface area contributed by atoms with Crippen LogP contribution < -0.4 is 5.32 Å². The van der Waals surface area contributed by atoms with Crippen LogP contribution in [0.15, 0.2) is 60.8 Å². The highest BCUT2D eigenvalue weighted by Crippen LogP contribution is 2.25. The van der Waals surface area contributed by atoms with E-state index in [2.05, 4.69) is 41.4 Å². The third-order valence-corrected chi connectivity index (χ3v) is 5.61. The van der Waals surface area contributed by atoms with E-state index >= 15 is 0 Å². The van der Waals surface area contributed by atoms with Crippen LogP contribution in [0, 0.1) is 6.92 Å². The first-order chi connectivity index (χ1) is 15.2. The van der Waals surface area contributed by atoms with Gasteiger partial charge in [0.2, 0.25) is 5.91 Å². The number of aromatic nitrogens is 2. The highest BCUT2D eigenvalue weighted by Gasteiger charge is 2.14. The Labute approximate surface area is 183 Å². The van der Waals surface area contributed by atoms with Crippen molar-refractivity contribution in [3.05, 3.63) is 71.9 Å². The second-order valence-electron chi connectivity index (χ2n) is 7.95. The number of carbonyl (C=O) groups excluding carboxylic acids is 1. The number of morpholine rings is 1. The van der Waals surface area contributed by atoms with Gasteiger partial charge in [-0.05, 0) is 31.0 Å². The molecule has 4 rings (SSSR count). The molecule has 0 unspecified atom stereocenters. The first kappa shape index (κ1) is 21.3. The number of carbonyl (C=O) groups is 1. The first-order valence-electron chi connectivity index (χ1n) is 11.0. The molecule has 2 heterocycles. The average molecular weight is 419 g/mol. The Bertz CT molecular complexity index is 977. The van der Waals surface area contributed by atoms with Crippen molar-refractivity contribution in [1.29, 1.82) is 0 Å². The molecule has 1 aliphatic rings. The minimum absolute atomic E-state index is 0.0792. The van der Waals surface area contributed by atoms with Crippen molar-refractivity contribution in [3.8, 4) is 16.9 Å². The van der Waals surface area contributed by atoms with Crippen LogP contribution in [-0.4, -0.2) is 60.0 Å². The summed E-state index contributed by atoms with van der Waals surface area (Å²) in [6.45, 7) is 7.06. The van der Waals surface area contributed by atoms with Gasteiger partial charge in [-0.1, -0.05) is 48.0 Å². The fourth-order valence-electron chi connectivity index (χ4n) is 3.77. The SMILES string of the molecule is Cc1ccc(-c2nn(-c3ccccc3)cc2CCC(=O)NCCN2CCOCC2)cc1. The Morgan fingerprint density at radius 1 is 1.06 bits per heavy atom. The summed E-state index contributed by atoms with van der Waals surface area (Å²) in [4.78, 5) is 14.8. The molecular formula is C25H30N4O2. The molecule has 1 saturated heterocycles. The van der Waals surface area contributed by atoms with Crippen molar-refractivity contribution in [2.75, 3.05) is 39.4 Å². The van der Waals surface area contributed by atoms with Crippen LogP contribution in [0.3, 0.4) is 0 Å². The van der Waals surface area contributed by atoms with Crippen molar-refractivity contribution in [2.24, 2.45) is 0 Å². The normalized spacial score (nSPS) is 14.5. The molecule has 0 aliphatic carbocycles.